The average Bonchev–Trinajstić information content (AvgIpc) is 4.30. The molecule has 0 aliphatic rings. The molecule has 10 heteroatoms. The van der Waals surface area contributed by atoms with Crippen molar-refractivity contribution >= 4 is 112 Å². The summed E-state index contributed by atoms with van der Waals surface area (Å²) in [4.78, 5) is 15.9. The van der Waals surface area contributed by atoms with Crippen molar-refractivity contribution in [2.75, 3.05) is 0 Å². The summed E-state index contributed by atoms with van der Waals surface area (Å²) in [6.45, 7) is 0. The van der Waals surface area contributed by atoms with Crippen LogP contribution in [0, 0.1) is 0 Å². The van der Waals surface area contributed by atoms with Crippen molar-refractivity contribution in [3.8, 4) is 17.1 Å². The Morgan fingerprint density at radius 3 is 1.00 bits per heavy atom. The molecule has 0 aliphatic heterocycles. The van der Waals surface area contributed by atoms with E-state index in [9.17, 15) is 0 Å². The highest BCUT2D eigenvalue weighted by molar-refractivity contribution is 7.20. The molecule has 6 aromatic heterocycles. The van der Waals surface area contributed by atoms with Gasteiger partial charge < -0.3 is 0 Å². The number of benzene rings is 10. The van der Waals surface area contributed by atoms with Crippen LogP contribution in [0.2, 0.25) is 0 Å². The molecule has 0 bridgehead atoms. The predicted molar refractivity (Wildman–Crippen MR) is 299 cm³/mol. The Kier molecular flexibility index (Phi) is 8.28. The van der Waals surface area contributed by atoms with E-state index >= 15 is 0 Å². The number of fused-ring (bicyclic) bond motifs is 15. The van der Waals surface area contributed by atoms with Gasteiger partial charge in [0.25, 0.3) is 0 Å². The zero-order valence-electron chi connectivity index (χ0n) is 39.2. The Morgan fingerprint density at radius 2 is 0.562 bits per heavy atom. The molecule has 9 nitrogen and oxygen atoms in total. The van der Waals surface area contributed by atoms with Crippen LogP contribution in [-0.4, -0.2) is 49.9 Å². The zero-order valence-corrected chi connectivity index (χ0v) is 40.2. The molecule has 342 valence electrons. The molecule has 0 spiro atoms. The SMILES string of the molecule is c1ccc([Si](c2ccccc2)(c2cccc(-n3c4ccccc4n4c5ccccc5nc34)c2)c2cccc(-n3c4ccccc4n4c5cc(-n6c7ccccc7n7c8ccccc8nc67)ccc5nc34)c2)cc1. The van der Waals surface area contributed by atoms with Crippen LogP contribution in [0.25, 0.3) is 101 Å². The van der Waals surface area contributed by atoms with Crippen molar-refractivity contribution < 1.29 is 0 Å². The van der Waals surface area contributed by atoms with E-state index in [1.807, 2.05) is 0 Å². The Hall–Kier alpha value is -9.77. The van der Waals surface area contributed by atoms with Gasteiger partial charge >= 0.3 is 0 Å². The van der Waals surface area contributed by atoms with Crippen molar-refractivity contribution in [1.29, 1.82) is 0 Å². The van der Waals surface area contributed by atoms with Crippen LogP contribution in [-0.2, 0) is 0 Å². The molecule has 0 atom stereocenters. The third-order valence-corrected chi connectivity index (χ3v) is 19.9. The molecule has 6 heterocycles. The lowest BCUT2D eigenvalue weighted by atomic mass is 10.2. The fourth-order valence-electron chi connectivity index (χ4n) is 12.1. The van der Waals surface area contributed by atoms with Crippen LogP contribution in [0.15, 0.2) is 249 Å². The van der Waals surface area contributed by atoms with E-state index in [0.29, 0.717) is 0 Å². The molecular weight excluding hydrogens is 911 g/mol. The highest BCUT2D eigenvalue weighted by Gasteiger charge is 2.42. The zero-order chi connectivity index (χ0) is 47.8. The molecule has 73 heavy (non-hydrogen) atoms. The molecule has 16 aromatic rings. The second-order valence-electron chi connectivity index (χ2n) is 18.9. The van der Waals surface area contributed by atoms with Crippen LogP contribution in [0.3, 0.4) is 0 Å². The van der Waals surface area contributed by atoms with Crippen LogP contribution >= 0.6 is 0 Å². The number of nitrogens with zero attached hydrogens (tertiary/aromatic N) is 9. The maximum absolute atomic E-state index is 5.48. The first-order valence-electron chi connectivity index (χ1n) is 24.7. The molecule has 0 fully saturated rings. The van der Waals surface area contributed by atoms with Gasteiger partial charge in [0, 0.05) is 11.4 Å². The van der Waals surface area contributed by atoms with Gasteiger partial charge in [0.1, 0.15) is 0 Å². The lowest BCUT2D eigenvalue weighted by Crippen LogP contribution is -2.74. The molecule has 0 saturated heterocycles. The van der Waals surface area contributed by atoms with Gasteiger partial charge in [0.15, 0.2) is 8.07 Å². The lowest BCUT2D eigenvalue weighted by Gasteiger charge is -2.35. The predicted octanol–water partition coefficient (Wildman–Crippen LogP) is 11.3. The van der Waals surface area contributed by atoms with E-state index in [0.717, 1.165) is 101 Å². The summed E-state index contributed by atoms with van der Waals surface area (Å²) >= 11 is 0. The monoisotopic (exact) mass is 951 g/mol. The molecule has 0 aliphatic carbocycles. The van der Waals surface area contributed by atoms with Gasteiger partial charge in [0.05, 0.1) is 71.9 Å². The van der Waals surface area contributed by atoms with Crippen molar-refractivity contribution in [1.82, 2.24) is 41.9 Å². The number of para-hydroxylation sites is 10. The summed E-state index contributed by atoms with van der Waals surface area (Å²) in [6, 6.07) is 90.2. The number of hydrogen-bond donors (Lipinski definition) is 0. The average molecular weight is 952 g/mol. The van der Waals surface area contributed by atoms with Crippen molar-refractivity contribution in [3.63, 3.8) is 0 Å². The first-order valence-corrected chi connectivity index (χ1v) is 26.7. The second-order valence-corrected chi connectivity index (χ2v) is 22.8. The van der Waals surface area contributed by atoms with Crippen molar-refractivity contribution in [3.05, 3.63) is 249 Å². The summed E-state index contributed by atoms with van der Waals surface area (Å²) in [5, 5.41) is 5.12. The van der Waals surface area contributed by atoms with E-state index in [2.05, 4.69) is 276 Å². The van der Waals surface area contributed by atoms with E-state index in [1.54, 1.807) is 0 Å². The minimum Gasteiger partial charge on any atom is -0.278 e. The smallest absolute Gasteiger partial charge is 0.220 e. The minimum atomic E-state index is -3.11. The fourth-order valence-corrected chi connectivity index (χ4v) is 16.9. The first-order chi connectivity index (χ1) is 36.2. The van der Waals surface area contributed by atoms with Crippen molar-refractivity contribution in [2.45, 2.75) is 0 Å². The molecule has 0 unspecified atom stereocenters. The third-order valence-electron chi connectivity index (χ3n) is 15.1. The Balaban J connectivity index is 0.928. The van der Waals surface area contributed by atoms with Gasteiger partial charge in [-0.1, -0.05) is 146 Å². The lowest BCUT2D eigenvalue weighted by molar-refractivity contribution is 1.11. The normalized spacial score (nSPS) is 12.4. The van der Waals surface area contributed by atoms with Crippen LogP contribution in [0.4, 0.5) is 0 Å². The molecule has 0 radical (unpaired) electrons. The van der Waals surface area contributed by atoms with Crippen LogP contribution in [0.1, 0.15) is 0 Å². The van der Waals surface area contributed by atoms with Gasteiger partial charge in [-0.3, -0.25) is 26.9 Å². The molecule has 0 amide bonds. The van der Waals surface area contributed by atoms with Gasteiger partial charge in [-0.15, -0.1) is 0 Å². The summed E-state index contributed by atoms with van der Waals surface area (Å²) in [5.74, 6) is 2.62. The van der Waals surface area contributed by atoms with Gasteiger partial charge in [-0.25, -0.2) is 15.0 Å². The Morgan fingerprint density at radius 1 is 0.233 bits per heavy atom. The number of rotatable bonds is 7. The number of hydrogen-bond acceptors (Lipinski definition) is 3. The maximum Gasteiger partial charge on any atom is 0.220 e. The third kappa shape index (κ3) is 5.52. The van der Waals surface area contributed by atoms with Crippen LogP contribution in [0.5, 0.6) is 0 Å². The van der Waals surface area contributed by atoms with Gasteiger partial charge in [-0.05, 0) is 124 Å². The summed E-state index contributed by atoms with van der Waals surface area (Å²) < 4.78 is 13.9. The van der Waals surface area contributed by atoms with Crippen LogP contribution < -0.4 is 20.7 Å². The van der Waals surface area contributed by atoms with E-state index in [1.165, 1.54) is 20.7 Å². The summed E-state index contributed by atoms with van der Waals surface area (Å²) in [5.41, 5.74) is 15.8. The van der Waals surface area contributed by atoms with Gasteiger partial charge in [0.2, 0.25) is 17.3 Å². The Bertz CT molecular complexity index is 4840. The molecule has 0 saturated carbocycles. The van der Waals surface area contributed by atoms with Crippen molar-refractivity contribution in [2.24, 2.45) is 0 Å². The standard InChI is InChI=1S/C63H41N9Si/c1-3-21-45(22-4-1)73(46-23-5-2-6-24-46,47-25-17-19-42(39-47)67-54-31-11-14-34-57(54)70-52-29-9-7-27-49(52)64-61(67)70)48-26-18-20-43(40-48)68-56-33-13-16-36-59(56)72-60-41-44(37-38-51(60)66-63(68)72)69-55-32-12-15-35-58(55)71-53-30-10-8-28-50(53)65-62(69)71/h1-41H. The highest BCUT2D eigenvalue weighted by Crippen LogP contribution is 2.34. The van der Waals surface area contributed by atoms with E-state index in [-0.39, 0.29) is 0 Å². The van der Waals surface area contributed by atoms with E-state index in [4.69, 9.17) is 15.0 Å². The first kappa shape index (κ1) is 40.0. The molecule has 0 N–H and O–H groups in total. The topological polar surface area (TPSA) is 66.7 Å². The molecule has 10 aromatic carbocycles. The number of imidazole rings is 6. The molecule has 16 rings (SSSR count). The largest absolute Gasteiger partial charge is 0.278 e. The summed E-state index contributed by atoms with van der Waals surface area (Å²) in [7, 11) is -3.11. The number of aromatic nitrogens is 9. The second kappa shape index (κ2) is 15.1. The maximum atomic E-state index is 5.48. The van der Waals surface area contributed by atoms with E-state index < -0.39 is 8.07 Å². The Labute approximate surface area is 418 Å². The summed E-state index contributed by atoms with van der Waals surface area (Å²) in [6.07, 6.45) is 0. The molecular formula is C63H41N9Si. The van der Waals surface area contributed by atoms with Gasteiger partial charge in [-0.2, -0.15) is 0 Å². The highest BCUT2D eigenvalue weighted by atomic mass is 28.3. The fraction of sp³-hybridized carbons (Fsp3) is 0. The quantitative estimate of drug-likeness (QED) is 0.118. The minimum absolute atomic E-state index is 0.851.